The predicted molar refractivity (Wildman–Crippen MR) is 80.0 cm³/mol. The van der Waals surface area contributed by atoms with Crippen LogP contribution in [-0.4, -0.2) is 13.1 Å². The van der Waals surface area contributed by atoms with Gasteiger partial charge in [0.05, 0.1) is 18.8 Å². The fourth-order valence-electron chi connectivity index (χ4n) is 1.93. The molecule has 2 N–H and O–H groups in total. The molecular formula is C16H18N2O2. The number of hydrogen-bond acceptors (Lipinski definition) is 2. The van der Waals surface area contributed by atoms with Crippen molar-refractivity contribution < 1.29 is 9.53 Å². The summed E-state index contributed by atoms with van der Waals surface area (Å²) in [6, 6.07) is 16.8. The highest BCUT2D eigenvalue weighted by Gasteiger charge is 2.10. The average molecular weight is 270 g/mol. The van der Waals surface area contributed by atoms with Gasteiger partial charge in [-0.1, -0.05) is 42.5 Å². The minimum Gasteiger partial charge on any atom is -0.495 e. The maximum absolute atomic E-state index is 12.0. The van der Waals surface area contributed by atoms with Crippen molar-refractivity contribution >= 4 is 11.7 Å². The molecule has 2 rings (SSSR count). The third-order valence-electron chi connectivity index (χ3n) is 3.00. The number of carbonyl (C=O) groups excluding carboxylic acids is 1. The van der Waals surface area contributed by atoms with Gasteiger partial charge in [0.2, 0.25) is 0 Å². The molecule has 0 unspecified atom stereocenters. The van der Waals surface area contributed by atoms with E-state index in [1.54, 1.807) is 19.2 Å². The van der Waals surface area contributed by atoms with Crippen molar-refractivity contribution in [3.63, 3.8) is 0 Å². The number of urea groups is 1. The minimum absolute atomic E-state index is 0.0640. The molecule has 0 saturated carbocycles. The molecule has 104 valence electrons. The van der Waals surface area contributed by atoms with Crippen LogP contribution >= 0.6 is 0 Å². The number of amides is 2. The van der Waals surface area contributed by atoms with Gasteiger partial charge in [-0.25, -0.2) is 4.79 Å². The number of ether oxygens (including phenoxy) is 1. The van der Waals surface area contributed by atoms with E-state index in [9.17, 15) is 4.79 Å². The van der Waals surface area contributed by atoms with Crippen LogP contribution in [0.1, 0.15) is 18.5 Å². The Morgan fingerprint density at radius 2 is 1.70 bits per heavy atom. The quantitative estimate of drug-likeness (QED) is 0.892. The summed E-state index contributed by atoms with van der Waals surface area (Å²) < 4.78 is 5.19. The number of carbonyl (C=O) groups is 1. The lowest BCUT2D eigenvalue weighted by atomic mass is 10.1. The second kappa shape index (κ2) is 6.61. The highest BCUT2D eigenvalue weighted by molar-refractivity contribution is 5.91. The summed E-state index contributed by atoms with van der Waals surface area (Å²) in [4.78, 5) is 12.0. The maximum Gasteiger partial charge on any atom is 0.319 e. The van der Waals surface area contributed by atoms with Crippen LogP contribution in [0.5, 0.6) is 5.75 Å². The molecule has 0 fully saturated rings. The summed E-state index contributed by atoms with van der Waals surface area (Å²) in [7, 11) is 1.57. The standard InChI is InChI=1S/C16H18N2O2/c1-12(13-8-4-3-5-9-13)17-16(19)18-14-10-6-7-11-15(14)20-2/h3-12H,1-2H3,(H2,17,18,19)/t12-/m1/s1. The molecule has 0 saturated heterocycles. The SMILES string of the molecule is COc1ccccc1NC(=O)N[C@H](C)c1ccccc1. The number of nitrogens with one attached hydrogen (secondary N) is 2. The molecule has 0 aromatic heterocycles. The molecule has 2 amide bonds. The predicted octanol–water partition coefficient (Wildman–Crippen LogP) is 3.58. The molecular weight excluding hydrogens is 252 g/mol. The van der Waals surface area contributed by atoms with Gasteiger partial charge in [-0.3, -0.25) is 0 Å². The van der Waals surface area contributed by atoms with Crippen molar-refractivity contribution in [3.8, 4) is 5.75 Å². The molecule has 0 aliphatic carbocycles. The highest BCUT2D eigenvalue weighted by atomic mass is 16.5. The molecule has 4 heteroatoms. The Hall–Kier alpha value is -2.49. The Morgan fingerprint density at radius 1 is 1.05 bits per heavy atom. The van der Waals surface area contributed by atoms with Gasteiger partial charge in [-0.15, -0.1) is 0 Å². The minimum atomic E-state index is -0.258. The van der Waals surface area contributed by atoms with E-state index < -0.39 is 0 Å². The van der Waals surface area contributed by atoms with E-state index in [0.29, 0.717) is 11.4 Å². The topological polar surface area (TPSA) is 50.4 Å². The third-order valence-corrected chi connectivity index (χ3v) is 3.00. The summed E-state index contributed by atoms with van der Waals surface area (Å²) in [6.45, 7) is 1.94. The fraction of sp³-hybridized carbons (Fsp3) is 0.188. The Bertz CT molecular complexity index is 570. The molecule has 0 heterocycles. The van der Waals surface area contributed by atoms with Crippen LogP contribution in [0.25, 0.3) is 0 Å². The van der Waals surface area contributed by atoms with E-state index in [0.717, 1.165) is 5.56 Å². The van der Waals surface area contributed by atoms with Gasteiger partial charge in [-0.2, -0.15) is 0 Å². The molecule has 20 heavy (non-hydrogen) atoms. The first-order chi connectivity index (χ1) is 9.70. The molecule has 0 radical (unpaired) electrons. The Balaban J connectivity index is 1.99. The second-order valence-electron chi connectivity index (χ2n) is 4.43. The summed E-state index contributed by atoms with van der Waals surface area (Å²) in [5, 5.41) is 5.68. The first-order valence-electron chi connectivity index (χ1n) is 6.46. The zero-order valence-electron chi connectivity index (χ0n) is 11.6. The van der Waals surface area contributed by atoms with Gasteiger partial charge in [0.25, 0.3) is 0 Å². The van der Waals surface area contributed by atoms with Gasteiger partial charge in [0.1, 0.15) is 5.75 Å². The third kappa shape index (κ3) is 3.51. The lowest BCUT2D eigenvalue weighted by molar-refractivity contribution is 0.249. The van der Waals surface area contributed by atoms with Gasteiger partial charge in [-0.05, 0) is 24.6 Å². The summed E-state index contributed by atoms with van der Waals surface area (Å²) in [5.41, 5.74) is 1.70. The van der Waals surface area contributed by atoms with Crippen LogP contribution in [0.15, 0.2) is 54.6 Å². The van der Waals surface area contributed by atoms with Crippen molar-refractivity contribution in [1.29, 1.82) is 0 Å². The molecule has 2 aromatic carbocycles. The van der Waals surface area contributed by atoms with Crippen LogP contribution in [0, 0.1) is 0 Å². The Labute approximate surface area is 118 Å². The number of hydrogen-bond donors (Lipinski definition) is 2. The van der Waals surface area contributed by atoms with Crippen LogP contribution < -0.4 is 15.4 Å². The molecule has 1 atom stereocenters. The number of para-hydroxylation sites is 2. The lowest BCUT2D eigenvalue weighted by Gasteiger charge is -2.16. The first kappa shape index (κ1) is 13.9. The van der Waals surface area contributed by atoms with E-state index >= 15 is 0 Å². The first-order valence-corrected chi connectivity index (χ1v) is 6.46. The second-order valence-corrected chi connectivity index (χ2v) is 4.43. The van der Waals surface area contributed by atoms with Gasteiger partial charge in [0, 0.05) is 0 Å². The van der Waals surface area contributed by atoms with Crippen molar-refractivity contribution in [1.82, 2.24) is 5.32 Å². The number of anilines is 1. The Kier molecular flexibility index (Phi) is 4.60. The smallest absolute Gasteiger partial charge is 0.319 e. The monoisotopic (exact) mass is 270 g/mol. The normalized spacial score (nSPS) is 11.5. The molecule has 4 nitrogen and oxygen atoms in total. The highest BCUT2D eigenvalue weighted by Crippen LogP contribution is 2.23. The van der Waals surface area contributed by atoms with E-state index in [1.807, 2.05) is 49.4 Å². The zero-order chi connectivity index (χ0) is 14.4. The van der Waals surface area contributed by atoms with E-state index in [-0.39, 0.29) is 12.1 Å². The van der Waals surface area contributed by atoms with E-state index in [1.165, 1.54) is 0 Å². The van der Waals surface area contributed by atoms with Crippen LogP contribution in [0.2, 0.25) is 0 Å². The number of rotatable bonds is 4. The van der Waals surface area contributed by atoms with Crippen molar-refractivity contribution in [2.75, 3.05) is 12.4 Å². The van der Waals surface area contributed by atoms with Crippen LogP contribution in [-0.2, 0) is 0 Å². The maximum atomic E-state index is 12.0. The van der Waals surface area contributed by atoms with Gasteiger partial charge in [0.15, 0.2) is 0 Å². The van der Waals surface area contributed by atoms with Crippen molar-refractivity contribution in [3.05, 3.63) is 60.2 Å². The van der Waals surface area contributed by atoms with Crippen LogP contribution in [0.4, 0.5) is 10.5 Å². The van der Waals surface area contributed by atoms with Crippen molar-refractivity contribution in [2.24, 2.45) is 0 Å². The van der Waals surface area contributed by atoms with E-state index in [2.05, 4.69) is 10.6 Å². The zero-order valence-corrected chi connectivity index (χ0v) is 11.6. The molecule has 0 bridgehead atoms. The fourth-order valence-corrected chi connectivity index (χ4v) is 1.93. The van der Waals surface area contributed by atoms with Gasteiger partial charge >= 0.3 is 6.03 Å². The molecule has 0 aliphatic rings. The average Bonchev–Trinajstić information content (AvgIpc) is 2.48. The largest absolute Gasteiger partial charge is 0.495 e. The molecule has 2 aromatic rings. The van der Waals surface area contributed by atoms with E-state index in [4.69, 9.17) is 4.74 Å². The number of benzene rings is 2. The lowest BCUT2D eigenvalue weighted by Crippen LogP contribution is -2.31. The van der Waals surface area contributed by atoms with Crippen molar-refractivity contribution in [2.45, 2.75) is 13.0 Å². The summed E-state index contributed by atoms with van der Waals surface area (Å²) in [5.74, 6) is 0.634. The number of methoxy groups -OCH3 is 1. The molecule has 0 aliphatic heterocycles. The van der Waals surface area contributed by atoms with Crippen LogP contribution in [0.3, 0.4) is 0 Å². The van der Waals surface area contributed by atoms with Gasteiger partial charge < -0.3 is 15.4 Å². The molecule has 0 spiro atoms. The Morgan fingerprint density at radius 3 is 2.40 bits per heavy atom. The summed E-state index contributed by atoms with van der Waals surface area (Å²) >= 11 is 0. The summed E-state index contributed by atoms with van der Waals surface area (Å²) in [6.07, 6.45) is 0.